The molecule has 10 heavy (non-hydrogen) atoms. The van der Waals surface area contributed by atoms with Gasteiger partial charge in [-0.05, 0) is 17.9 Å². The molecule has 1 nitrogen and oxygen atoms in total. The van der Waals surface area contributed by atoms with Crippen LogP contribution in [0.4, 0.5) is 0 Å². The van der Waals surface area contributed by atoms with Gasteiger partial charge in [0.05, 0.1) is 5.92 Å². The van der Waals surface area contributed by atoms with Crippen molar-refractivity contribution in [1.29, 1.82) is 0 Å². The Hall–Kier alpha value is -0.630. The average molecular weight is 153 g/mol. The summed E-state index contributed by atoms with van der Waals surface area (Å²) in [6.07, 6.45) is 2.87. The third-order valence-electron chi connectivity index (χ3n) is 1.44. The van der Waals surface area contributed by atoms with Gasteiger partial charge in [0.2, 0.25) is 6.29 Å². The monoisotopic (exact) mass is 153 g/mol. The van der Waals surface area contributed by atoms with E-state index in [1.807, 2.05) is 30.7 Å². The molecule has 1 atom stereocenters. The van der Waals surface area contributed by atoms with Crippen molar-refractivity contribution < 1.29 is 4.79 Å². The van der Waals surface area contributed by atoms with Gasteiger partial charge < -0.3 is 0 Å². The number of hydrogen-bond donors (Lipinski definition) is 0. The van der Waals surface area contributed by atoms with E-state index in [1.165, 1.54) is 0 Å². The van der Waals surface area contributed by atoms with Crippen LogP contribution in [-0.2, 0) is 4.79 Å². The summed E-state index contributed by atoms with van der Waals surface area (Å²) in [5, 5.41) is 1.98. The van der Waals surface area contributed by atoms with Crippen LogP contribution in [0.2, 0.25) is 0 Å². The lowest BCUT2D eigenvalue weighted by Crippen LogP contribution is -1.93. The van der Waals surface area contributed by atoms with E-state index in [1.54, 1.807) is 11.3 Å². The van der Waals surface area contributed by atoms with Crippen LogP contribution in [0, 0.1) is 0 Å². The molecule has 0 saturated carbocycles. The van der Waals surface area contributed by atoms with E-state index in [9.17, 15) is 4.79 Å². The second kappa shape index (κ2) is 3.52. The van der Waals surface area contributed by atoms with E-state index in [2.05, 4.69) is 0 Å². The molecule has 0 aliphatic rings. The lowest BCUT2D eigenvalue weighted by molar-refractivity contribution is 0.541. The molecule has 0 aliphatic heterocycles. The van der Waals surface area contributed by atoms with Crippen LogP contribution in [0.3, 0.4) is 0 Å². The van der Waals surface area contributed by atoms with E-state index in [0.29, 0.717) is 0 Å². The van der Waals surface area contributed by atoms with Crippen LogP contribution >= 0.6 is 11.3 Å². The molecule has 1 radical (unpaired) electrons. The van der Waals surface area contributed by atoms with Crippen molar-refractivity contribution >= 4 is 17.6 Å². The van der Waals surface area contributed by atoms with Gasteiger partial charge in [-0.25, -0.2) is 0 Å². The molecule has 2 heteroatoms. The molecular weight excluding hydrogens is 144 g/mol. The van der Waals surface area contributed by atoms with Crippen molar-refractivity contribution in [3.63, 3.8) is 0 Å². The highest BCUT2D eigenvalue weighted by molar-refractivity contribution is 7.10. The summed E-state index contributed by atoms with van der Waals surface area (Å²) >= 11 is 1.62. The van der Waals surface area contributed by atoms with Gasteiger partial charge in [0.1, 0.15) is 0 Å². The molecule has 0 saturated heterocycles. The number of thiophene rings is 1. The first-order chi connectivity index (χ1) is 4.88. The Morgan fingerprint density at radius 3 is 3.00 bits per heavy atom. The summed E-state index contributed by atoms with van der Waals surface area (Å²) in [5.74, 6) is -0.000000000000000666. The molecular formula is C8H9OS. The van der Waals surface area contributed by atoms with Crippen molar-refractivity contribution in [2.24, 2.45) is 0 Å². The van der Waals surface area contributed by atoms with Crippen molar-refractivity contribution in [2.75, 3.05) is 0 Å². The summed E-state index contributed by atoms with van der Waals surface area (Å²) in [5.41, 5.74) is 0. The maximum absolute atomic E-state index is 10.3. The Morgan fingerprint density at radius 1 is 1.80 bits per heavy atom. The molecule has 1 unspecified atom stereocenters. The van der Waals surface area contributed by atoms with Gasteiger partial charge in [-0.3, -0.25) is 4.79 Å². The van der Waals surface area contributed by atoms with Gasteiger partial charge in [-0.2, -0.15) is 0 Å². The molecule has 0 fully saturated rings. The first kappa shape index (κ1) is 7.48. The zero-order valence-electron chi connectivity index (χ0n) is 5.83. The molecule has 0 aliphatic carbocycles. The van der Waals surface area contributed by atoms with Crippen LogP contribution in [0.25, 0.3) is 0 Å². The highest BCUT2D eigenvalue weighted by Gasteiger charge is 2.08. The fourth-order valence-electron chi connectivity index (χ4n) is 0.832. The van der Waals surface area contributed by atoms with Gasteiger partial charge in [0, 0.05) is 4.88 Å². The Morgan fingerprint density at radius 2 is 2.60 bits per heavy atom. The summed E-state index contributed by atoms with van der Waals surface area (Å²) in [7, 11) is 0. The number of rotatable bonds is 3. The average Bonchev–Trinajstić information content (AvgIpc) is 2.43. The van der Waals surface area contributed by atoms with Crippen LogP contribution in [-0.4, -0.2) is 6.29 Å². The standard InChI is InChI=1S/C8H9OS/c1-2-7(6-9)8-4-3-5-10-8/h3-5,7H,2H2,1H3. The third kappa shape index (κ3) is 1.45. The maximum atomic E-state index is 10.3. The second-order valence-electron chi connectivity index (χ2n) is 2.09. The van der Waals surface area contributed by atoms with Gasteiger partial charge in [0.25, 0.3) is 0 Å². The minimum Gasteiger partial charge on any atom is -0.290 e. The first-order valence-corrected chi connectivity index (χ1v) is 4.17. The molecule has 0 spiro atoms. The quantitative estimate of drug-likeness (QED) is 0.651. The van der Waals surface area contributed by atoms with Gasteiger partial charge in [0.15, 0.2) is 0 Å². The first-order valence-electron chi connectivity index (χ1n) is 3.29. The second-order valence-corrected chi connectivity index (χ2v) is 3.07. The Bertz CT molecular complexity index is 191. The number of carbonyl (C=O) groups excluding carboxylic acids is 1. The molecule has 53 valence electrons. The van der Waals surface area contributed by atoms with Crippen LogP contribution in [0.1, 0.15) is 24.1 Å². The molecule has 1 aromatic rings. The highest BCUT2D eigenvalue weighted by atomic mass is 32.1. The Balaban J connectivity index is 2.73. The normalized spacial score (nSPS) is 12.9. The van der Waals surface area contributed by atoms with Gasteiger partial charge in [-0.15, -0.1) is 11.3 Å². The van der Waals surface area contributed by atoms with Crippen LogP contribution in [0.15, 0.2) is 17.5 Å². The molecule has 0 N–H and O–H groups in total. The summed E-state index contributed by atoms with van der Waals surface area (Å²) in [4.78, 5) is 11.4. The van der Waals surface area contributed by atoms with E-state index in [4.69, 9.17) is 0 Å². The van der Waals surface area contributed by atoms with Crippen LogP contribution < -0.4 is 0 Å². The SMILES string of the molecule is CCC([C]=O)c1cccs1. The lowest BCUT2D eigenvalue weighted by atomic mass is 10.1. The molecule has 1 aromatic heterocycles. The van der Waals surface area contributed by atoms with Gasteiger partial charge in [-0.1, -0.05) is 13.0 Å². The topological polar surface area (TPSA) is 17.1 Å². The van der Waals surface area contributed by atoms with Crippen molar-refractivity contribution in [1.82, 2.24) is 0 Å². The maximum Gasteiger partial charge on any atom is 0.207 e. The molecule has 0 amide bonds. The third-order valence-corrected chi connectivity index (χ3v) is 2.42. The molecule has 0 aromatic carbocycles. The largest absolute Gasteiger partial charge is 0.290 e. The highest BCUT2D eigenvalue weighted by Crippen LogP contribution is 2.21. The number of hydrogen-bond acceptors (Lipinski definition) is 2. The lowest BCUT2D eigenvalue weighted by Gasteiger charge is -1.99. The predicted octanol–water partition coefficient (Wildman–Crippen LogP) is 2.35. The fraction of sp³-hybridized carbons (Fsp3) is 0.375. The van der Waals surface area contributed by atoms with Crippen molar-refractivity contribution in [3.05, 3.63) is 22.4 Å². The Labute approximate surface area is 64.7 Å². The zero-order valence-corrected chi connectivity index (χ0v) is 6.65. The van der Waals surface area contributed by atoms with Crippen LogP contribution in [0.5, 0.6) is 0 Å². The summed E-state index contributed by atoms with van der Waals surface area (Å²) < 4.78 is 0. The molecule has 0 bridgehead atoms. The minimum atomic E-state index is -0.000000000000000666. The summed E-state index contributed by atoms with van der Waals surface area (Å²) in [6, 6.07) is 3.93. The molecule has 1 heterocycles. The molecule has 1 rings (SSSR count). The van der Waals surface area contributed by atoms with E-state index in [0.717, 1.165) is 11.3 Å². The van der Waals surface area contributed by atoms with E-state index >= 15 is 0 Å². The zero-order chi connectivity index (χ0) is 7.40. The van der Waals surface area contributed by atoms with Crippen molar-refractivity contribution in [2.45, 2.75) is 19.3 Å². The Kier molecular flexibility index (Phi) is 2.63. The minimum absolute atomic E-state index is 0.000000000000000666. The predicted molar refractivity (Wildman–Crippen MR) is 43.0 cm³/mol. The summed E-state index contributed by atoms with van der Waals surface area (Å²) in [6.45, 7) is 2.00. The van der Waals surface area contributed by atoms with Crippen molar-refractivity contribution in [3.8, 4) is 0 Å². The fourth-order valence-corrected chi connectivity index (χ4v) is 1.68. The van der Waals surface area contributed by atoms with E-state index in [-0.39, 0.29) is 5.92 Å². The van der Waals surface area contributed by atoms with Gasteiger partial charge >= 0.3 is 0 Å². The van der Waals surface area contributed by atoms with E-state index < -0.39 is 0 Å². The smallest absolute Gasteiger partial charge is 0.207 e.